The van der Waals surface area contributed by atoms with Crippen molar-refractivity contribution in [3.05, 3.63) is 34.9 Å². The highest BCUT2D eigenvalue weighted by molar-refractivity contribution is 6.31. The lowest BCUT2D eigenvalue weighted by Crippen LogP contribution is -2.61. The van der Waals surface area contributed by atoms with Crippen LogP contribution in [0.3, 0.4) is 0 Å². The van der Waals surface area contributed by atoms with Gasteiger partial charge in [0.1, 0.15) is 12.1 Å². The summed E-state index contributed by atoms with van der Waals surface area (Å²) in [5.74, 6) is 0.394. The van der Waals surface area contributed by atoms with E-state index in [9.17, 15) is 9.59 Å². The number of nitrogens with zero attached hydrogens (tertiary/aromatic N) is 1. The minimum atomic E-state index is -0.379. The van der Waals surface area contributed by atoms with E-state index in [1.165, 1.54) is 0 Å². The number of carbonyl (C=O) groups is 2. The number of fused-ring (bicyclic) bond motifs is 1. The number of nitrogens with one attached hydrogen (secondary N) is 2. The van der Waals surface area contributed by atoms with Crippen LogP contribution in [-0.2, 0) is 16.1 Å². The molecule has 0 aliphatic carbocycles. The predicted molar refractivity (Wildman–Crippen MR) is 93.6 cm³/mol. The second-order valence-electron chi connectivity index (χ2n) is 7.10. The number of hydrogen-bond acceptors (Lipinski definition) is 3. The van der Waals surface area contributed by atoms with Crippen molar-refractivity contribution < 1.29 is 9.59 Å². The van der Waals surface area contributed by atoms with Gasteiger partial charge in [-0.2, -0.15) is 0 Å². The number of benzene rings is 1. The highest BCUT2D eigenvalue weighted by atomic mass is 35.5. The zero-order valence-electron chi connectivity index (χ0n) is 14.1. The van der Waals surface area contributed by atoms with Crippen molar-refractivity contribution in [2.45, 2.75) is 51.4 Å². The molecule has 2 N–H and O–H groups in total. The number of carbonyl (C=O) groups excluding carboxylic acids is 2. The molecule has 2 fully saturated rings. The first-order chi connectivity index (χ1) is 11.5. The molecule has 0 radical (unpaired) electrons. The third-order valence-electron chi connectivity index (χ3n) is 4.75. The fraction of sp³-hybridized carbons (Fsp3) is 0.556. The molecule has 0 aromatic heterocycles. The van der Waals surface area contributed by atoms with Crippen LogP contribution < -0.4 is 10.6 Å². The molecule has 24 heavy (non-hydrogen) atoms. The maximum absolute atomic E-state index is 12.6. The number of rotatable bonds is 5. The predicted octanol–water partition coefficient (Wildman–Crippen LogP) is 1.94. The summed E-state index contributed by atoms with van der Waals surface area (Å²) in [5.41, 5.74) is 1.03. The van der Waals surface area contributed by atoms with E-state index >= 15 is 0 Å². The SMILES string of the molecule is CC(C)C[C@@H]1NC(=O)[C@@H]2C[C@H](NCc3ccccc3Cl)CN2C1=O. The fourth-order valence-corrected chi connectivity index (χ4v) is 3.74. The minimum Gasteiger partial charge on any atom is -0.342 e. The van der Waals surface area contributed by atoms with Crippen LogP contribution in [0.15, 0.2) is 24.3 Å². The van der Waals surface area contributed by atoms with Crippen molar-refractivity contribution >= 4 is 23.4 Å². The average Bonchev–Trinajstić information content (AvgIpc) is 2.96. The van der Waals surface area contributed by atoms with Crippen LogP contribution >= 0.6 is 11.6 Å². The van der Waals surface area contributed by atoms with Gasteiger partial charge >= 0.3 is 0 Å². The largest absolute Gasteiger partial charge is 0.342 e. The van der Waals surface area contributed by atoms with E-state index in [1.54, 1.807) is 4.90 Å². The van der Waals surface area contributed by atoms with Gasteiger partial charge in [0.25, 0.3) is 0 Å². The van der Waals surface area contributed by atoms with E-state index in [4.69, 9.17) is 11.6 Å². The smallest absolute Gasteiger partial charge is 0.245 e. The lowest BCUT2D eigenvalue weighted by Gasteiger charge is -2.35. The molecule has 1 aromatic rings. The zero-order chi connectivity index (χ0) is 17.3. The molecule has 2 amide bonds. The second kappa shape index (κ2) is 7.11. The van der Waals surface area contributed by atoms with Crippen molar-refractivity contribution in [2.24, 2.45) is 5.92 Å². The molecule has 6 heteroatoms. The normalized spacial score (nSPS) is 26.7. The highest BCUT2D eigenvalue weighted by Gasteiger charge is 2.46. The molecule has 1 aromatic carbocycles. The van der Waals surface area contributed by atoms with Gasteiger partial charge in [0.2, 0.25) is 11.8 Å². The topological polar surface area (TPSA) is 61.4 Å². The van der Waals surface area contributed by atoms with Crippen molar-refractivity contribution in [1.29, 1.82) is 0 Å². The molecule has 2 saturated heterocycles. The van der Waals surface area contributed by atoms with Crippen LogP contribution in [0.5, 0.6) is 0 Å². The summed E-state index contributed by atoms with van der Waals surface area (Å²) in [6, 6.07) is 7.09. The Bertz CT molecular complexity index is 634. The molecule has 130 valence electrons. The van der Waals surface area contributed by atoms with E-state index in [1.807, 2.05) is 24.3 Å². The van der Waals surface area contributed by atoms with Crippen molar-refractivity contribution in [3.63, 3.8) is 0 Å². The van der Waals surface area contributed by atoms with E-state index in [-0.39, 0.29) is 29.9 Å². The number of halogens is 1. The van der Waals surface area contributed by atoms with Gasteiger partial charge in [-0.1, -0.05) is 43.6 Å². The molecule has 5 nitrogen and oxygen atoms in total. The van der Waals surface area contributed by atoms with Gasteiger partial charge in [0, 0.05) is 24.2 Å². The first kappa shape index (κ1) is 17.2. The Morgan fingerprint density at radius 3 is 2.79 bits per heavy atom. The summed E-state index contributed by atoms with van der Waals surface area (Å²) in [6.45, 7) is 5.33. The zero-order valence-corrected chi connectivity index (χ0v) is 14.8. The van der Waals surface area contributed by atoms with Gasteiger partial charge in [-0.25, -0.2) is 0 Å². The molecule has 0 bridgehead atoms. The van der Waals surface area contributed by atoms with Crippen LogP contribution in [0.4, 0.5) is 0 Å². The van der Waals surface area contributed by atoms with Crippen molar-refractivity contribution in [2.75, 3.05) is 6.54 Å². The maximum Gasteiger partial charge on any atom is 0.245 e. The van der Waals surface area contributed by atoms with Gasteiger partial charge in [0.05, 0.1) is 0 Å². The Morgan fingerprint density at radius 2 is 2.08 bits per heavy atom. The summed E-state index contributed by atoms with van der Waals surface area (Å²) < 4.78 is 0. The second-order valence-corrected chi connectivity index (χ2v) is 7.51. The molecule has 3 atom stereocenters. The molecule has 2 aliphatic heterocycles. The minimum absolute atomic E-state index is 0.0257. The van der Waals surface area contributed by atoms with Crippen LogP contribution in [0.2, 0.25) is 5.02 Å². The van der Waals surface area contributed by atoms with Crippen LogP contribution in [0, 0.1) is 5.92 Å². The number of hydrogen-bond donors (Lipinski definition) is 2. The van der Waals surface area contributed by atoms with E-state index in [0.29, 0.717) is 31.8 Å². The summed E-state index contributed by atoms with van der Waals surface area (Å²) in [7, 11) is 0. The maximum atomic E-state index is 12.6. The monoisotopic (exact) mass is 349 g/mol. The standard InChI is InChI=1S/C18H24ClN3O2/c1-11(2)7-15-18(24)22-10-13(8-16(22)17(23)21-15)20-9-12-5-3-4-6-14(12)19/h3-6,11,13,15-16,20H,7-10H2,1-2H3,(H,21,23)/t13-,15-,16-/m0/s1. The van der Waals surface area contributed by atoms with Crippen molar-refractivity contribution in [3.8, 4) is 0 Å². The van der Waals surface area contributed by atoms with Gasteiger partial charge < -0.3 is 15.5 Å². The first-order valence-corrected chi connectivity index (χ1v) is 8.91. The molecule has 2 aliphatic rings. The summed E-state index contributed by atoms with van der Waals surface area (Å²) in [4.78, 5) is 26.7. The van der Waals surface area contributed by atoms with E-state index in [2.05, 4.69) is 24.5 Å². The number of amides is 2. The number of piperazine rings is 1. The van der Waals surface area contributed by atoms with Crippen LogP contribution in [0.1, 0.15) is 32.3 Å². The van der Waals surface area contributed by atoms with Crippen LogP contribution in [-0.4, -0.2) is 41.4 Å². The fourth-order valence-electron chi connectivity index (χ4n) is 3.53. The Kier molecular flexibility index (Phi) is 5.11. The first-order valence-electron chi connectivity index (χ1n) is 8.53. The Hall–Kier alpha value is -1.59. The molecule has 2 heterocycles. The molecule has 0 unspecified atom stereocenters. The third kappa shape index (κ3) is 3.57. The van der Waals surface area contributed by atoms with Crippen LogP contribution in [0.25, 0.3) is 0 Å². The molecular weight excluding hydrogens is 326 g/mol. The average molecular weight is 350 g/mol. The Labute approximate surface area is 147 Å². The summed E-state index contributed by atoms with van der Waals surface area (Å²) in [6.07, 6.45) is 1.34. The van der Waals surface area contributed by atoms with Crippen molar-refractivity contribution in [1.82, 2.24) is 15.5 Å². The summed E-state index contributed by atoms with van der Waals surface area (Å²) in [5, 5.41) is 7.06. The van der Waals surface area contributed by atoms with Gasteiger partial charge in [-0.3, -0.25) is 9.59 Å². The lowest BCUT2D eigenvalue weighted by molar-refractivity contribution is -0.147. The molecular formula is C18H24ClN3O2. The van der Waals surface area contributed by atoms with Gasteiger partial charge in [0.15, 0.2) is 0 Å². The quantitative estimate of drug-likeness (QED) is 0.854. The molecule has 3 rings (SSSR count). The summed E-state index contributed by atoms with van der Waals surface area (Å²) >= 11 is 6.18. The molecule has 0 saturated carbocycles. The van der Waals surface area contributed by atoms with E-state index in [0.717, 1.165) is 10.6 Å². The van der Waals surface area contributed by atoms with E-state index < -0.39 is 0 Å². The highest BCUT2D eigenvalue weighted by Crippen LogP contribution is 2.25. The Morgan fingerprint density at radius 1 is 1.33 bits per heavy atom. The van der Waals surface area contributed by atoms with Gasteiger partial charge in [-0.15, -0.1) is 0 Å². The van der Waals surface area contributed by atoms with Gasteiger partial charge in [-0.05, 0) is 30.4 Å². The molecule has 0 spiro atoms. The Balaban J connectivity index is 1.62. The third-order valence-corrected chi connectivity index (χ3v) is 5.12. The lowest BCUT2D eigenvalue weighted by atomic mass is 9.99.